The number of amides is 1. The van der Waals surface area contributed by atoms with Crippen molar-refractivity contribution in [3.05, 3.63) is 35.6 Å². The summed E-state index contributed by atoms with van der Waals surface area (Å²) in [6, 6.07) is 8.47. The van der Waals surface area contributed by atoms with E-state index >= 15 is 0 Å². The normalized spacial score (nSPS) is 15.4. The van der Waals surface area contributed by atoms with Crippen LogP contribution in [0.2, 0.25) is 0 Å². The zero-order chi connectivity index (χ0) is 18.5. The molecule has 1 aromatic carbocycles. The van der Waals surface area contributed by atoms with Gasteiger partial charge < -0.3 is 20.0 Å². The highest BCUT2D eigenvalue weighted by Crippen LogP contribution is 2.24. The average molecular weight is 356 g/mol. The van der Waals surface area contributed by atoms with Gasteiger partial charge in [0.15, 0.2) is 5.96 Å². The van der Waals surface area contributed by atoms with Gasteiger partial charge in [-0.05, 0) is 25.8 Å². The predicted octanol–water partition coefficient (Wildman–Crippen LogP) is 2.81. The zero-order valence-electron chi connectivity index (χ0n) is 15.8. The van der Waals surface area contributed by atoms with E-state index in [1.165, 1.54) is 12.8 Å². The zero-order valence-corrected chi connectivity index (χ0v) is 15.8. The van der Waals surface area contributed by atoms with Gasteiger partial charge >= 0.3 is 0 Å². The highest BCUT2D eigenvalue weighted by atomic mass is 16.3. The summed E-state index contributed by atoms with van der Waals surface area (Å²) in [5.74, 6) is 1.55. The molecule has 6 nitrogen and oxygen atoms in total. The summed E-state index contributed by atoms with van der Waals surface area (Å²) in [5.41, 5.74) is 2.03. The molecule has 0 spiro atoms. The van der Waals surface area contributed by atoms with E-state index in [1.54, 1.807) is 19.0 Å². The van der Waals surface area contributed by atoms with Crippen LogP contribution in [-0.2, 0) is 11.3 Å². The number of aryl methyl sites for hydroxylation is 1. The van der Waals surface area contributed by atoms with Crippen LogP contribution in [0.3, 0.4) is 0 Å². The summed E-state index contributed by atoms with van der Waals surface area (Å²) in [4.78, 5) is 17.9. The summed E-state index contributed by atoms with van der Waals surface area (Å²) >= 11 is 0. The first-order valence-electron chi connectivity index (χ1n) is 9.26. The molecular formula is C20H28N4O2. The fourth-order valence-electron chi connectivity index (χ4n) is 3.26. The van der Waals surface area contributed by atoms with Gasteiger partial charge in [0, 0.05) is 31.1 Å². The van der Waals surface area contributed by atoms with Crippen molar-refractivity contribution in [2.45, 2.75) is 45.2 Å². The fourth-order valence-corrected chi connectivity index (χ4v) is 3.26. The van der Waals surface area contributed by atoms with Crippen molar-refractivity contribution in [2.75, 3.05) is 20.6 Å². The van der Waals surface area contributed by atoms with E-state index in [4.69, 9.17) is 4.42 Å². The number of guanidine groups is 1. The largest absolute Gasteiger partial charge is 0.459 e. The van der Waals surface area contributed by atoms with Gasteiger partial charge in [0.25, 0.3) is 0 Å². The maximum Gasteiger partial charge on any atom is 0.243 e. The highest BCUT2D eigenvalue weighted by molar-refractivity contribution is 5.85. The number of likely N-dealkylation sites (N-methyl/N-ethyl adjacent to an activating group) is 1. The maximum absolute atomic E-state index is 11.9. The van der Waals surface area contributed by atoms with Gasteiger partial charge in [-0.15, -0.1) is 0 Å². The first kappa shape index (κ1) is 18.3. The van der Waals surface area contributed by atoms with Gasteiger partial charge in [-0.3, -0.25) is 4.79 Å². The van der Waals surface area contributed by atoms with Crippen LogP contribution in [0.1, 0.15) is 37.0 Å². The van der Waals surface area contributed by atoms with Crippen molar-refractivity contribution < 1.29 is 9.21 Å². The molecule has 1 aliphatic rings. The van der Waals surface area contributed by atoms with Crippen molar-refractivity contribution >= 4 is 22.8 Å². The molecule has 0 atom stereocenters. The molecule has 1 aliphatic carbocycles. The van der Waals surface area contributed by atoms with E-state index in [-0.39, 0.29) is 12.5 Å². The Kier molecular flexibility index (Phi) is 5.81. The predicted molar refractivity (Wildman–Crippen MR) is 104 cm³/mol. The van der Waals surface area contributed by atoms with Crippen LogP contribution in [0, 0.1) is 6.92 Å². The number of nitrogens with zero attached hydrogens (tertiary/aromatic N) is 2. The minimum Gasteiger partial charge on any atom is -0.459 e. The maximum atomic E-state index is 11.9. The SMILES string of the molecule is Cc1c(CNC(=NCC(=O)N(C)C)NC2CCCC2)oc2ccccc12. The number of hydrogen-bond donors (Lipinski definition) is 2. The number of carbonyl (C=O) groups is 1. The molecule has 0 saturated heterocycles. The number of hydrogen-bond acceptors (Lipinski definition) is 3. The van der Waals surface area contributed by atoms with E-state index in [9.17, 15) is 4.79 Å². The van der Waals surface area contributed by atoms with E-state index in [2.05, 4.69) is 28.6 Å². The van der Waals surface area contributed by atoms with Crippen molar-refractivity contribution in [3.8, 4) is 0 Å². The van der Waals surface area contributed by atoms with Crippen LogP contribution in [0.25, 0.3) is 11.0 Å². The van der Waals surface area contributed by atoms with E-state index < -0.39 is 0 Å². The van der Waals surface area contributed by atoms with Crippen LogP contribution in [-0.4, -0.2) is 43.4 Å². The molecule has 1 saturated carbocycles. The first-order chi connectivity index (χ1) is 12.5. The number of rotatable bonds is 5. The Hall–Kier alpha value is -2.50. The Morgan fingerprint density at radius 2 is 2.00 bits per heavy atom. The van der Waals surface area contributed by atoms with E-state index in [0.29, 0.717) is 18.5 Å². The van der Waals surface area contributed by atoms with Crippen molar-refractivity contribution in [3.63, 3.8) is 0 Å². The number of furan rings is 1. The number of benzene rings is 1. The third kappa shape index (κ3) is 4.36. The molecule has 26 heavy (non-hydrogen) atoms. The molecule has 0 radical (unpaired) electrons. The lowest BCUT2D eigenvalue weighted by molar-refractivity contribution is -0.127. The lowest BCUT2D eigenvalue weighted by Gasteiger charge is -2.17. The first-order valence-corrected chi connectivity index (χ1v) is 9.26. The molecule has 2 aromatic rings. The van der Waals surface area contributed by atoms with Gasteiger partial charge in [0.05, 0.1) is 6.54 Å². The van der Waals surface area contributed by atoms with Gasteiger partial charge in [0.2, 0.25) is 5.91 Å². The van der Waals surface area contributed by atoms with Crippen LogP contribution < -0.4 is 10.6 Å². The van der Waals surface area contributed by atoms with Crippen molar-refractivity contribution in [1.82, 2.24) is 15.5 Å². The second kappa shape index (κ2) is 8.25. The number of nitrogens with one attached hydrogen (secondary N) is 2. The van der Waals surface area contributed by atoms with Crippen LogP contribution in [0.4, 0.5) is 0 Å². The summed E-state index contributed by atoms with van der Waals surface area (Å²) in [5, 5.41) is 7.93. The van der Waals surface area contributed by atoms with Gasteiger partial charge in [-0.25, -0.2) is 4.99 Å². The number of aliphatic imine (C=N–C) groups is 1. The lowest BCUT2D eigenvalue weighted by Crippen LogP contribution is -2.42. The quantitative estimate of drug-likeness (QED) is 0.638. The summed E-state index contributed by atoms with van der Waals surface area (Å²) < 4.78 is 5.96. The molecular weight excluding hydrogens is 328 g/mol. The molecule has 0 aliphatic heterocycles. The Bertz CT molecular complexity index is 788. The summed E-state index contributed by atoms with van der Waals surface area (Å²) in [7, 11) is 3.49. The number of fused-ring (bicyclic) bond motifs is 1. The van der Waals surface area contributed by atoms with Gasteiger partial charge in [0.1, 0.15) is 17.9 Å². The topological polar surface area (TPSA) is 69.9 Å². The molecule has 1 amide bonds. The van der Waals surface area contributed by atoms with Crippen LogP contribution >= 0.6 is 0 Å². The van der Waals surface area contributed by atoms with Gasteiger partial charge in [-0.2, -0.15) is 0 Å². The molecule has 3 rings (SSSR count). The molecule has 1 aromatic heterocycles. The van der Waals surface area contributed by atoms with E-state index in [1.807, 2.05) is 18.2 Å². The Labute approximate surface area is 154 Å². The highest BCUT2D eigenvalue weighted by Gasteiger charge is 2.17. The molecule has 1 fully saturated rings. The number of para-hydroxylation sites is 1. The van der Waals surface area contributed by atoms with Crippen molar-refractivity contribution in [2.24, 2.45) is 4.99 Å². The van der Waals surface area contributed by atoms with Crippen LogP contribution in [0.15, 0.2) is 33.7 Å². The average Bonchev–Trinajstić information content (AvgIpc) is 3.25. The minimum absolute atomic E-state index is 0.0163. The van der Waals surface area contributed by atoms with Gasteiger partial charge in [-0.1, -0.05) is 31.0 Å². The molecule has 2 N–H and O–H groups in total. The minimum atomic E-state index is -0.0163. The number of carbonyl (C=O) groups excluding carboxylic acids is 1. The summed E-state index contributed by atoms with van der Waals surface area (Å²) in [6.45, 7) is 2.74. The Morgan fingerprint density at radius 3 is 2.69 bits per heavy atom. The Morgan fingerprint density at radius 1 is 1.27 bits per heavy atom. The van der Waals surface area contributed by atoms with E-state index in [0.717, 1.165) is 35.1 Å². The molecule has 0 unspecified atom stereocenters. The molecule has 0 bridgehead atoms. The lowest BCUT2D eigenvalue weighted by atomic mass is 10.1. The smallest absolute Gasteiger partial charge is 0.243 e. The second-order valence-electron chi connectivity index (χ2n) is 7.08. The molecule has 140 valence electrons. The third-order valence-corrected chi connectivity index (χ3v) is 4.93. The summed E-state index contributed by atoms with van der Waals surface area (Å²) in [6.07, 6.45) is 4.77. The Balaban J connectivity index is 1.70. The van der Waals surface area contributed by atoms with Crippen LogP contribution in [0.5, 0.6) is 0 Å². The third-order valence-electron chi connectivity index (χ3n) is 4.93. The van der Waals surface area contributed by atoms with Crippen molar-refractivity contribution in [1.29, 1.82) is 0 Å². The fraction of sp³-hybridized carbons (Fsp3) is 0.500. The standard InChI is InChI=1S/C20H28N4O2/c1-14-16-10-6-7-11-17(16)26-18(14)12-21-20(22-13-19(25)24(2)3)23-15-8-4-5-9-15/h6-7,10-11,15H,4-5,8-9,12-13H2,1-3H3,(H2,21,22,23). The second-order valence-corrected chi connectivity index (χ2v) is 7.08. The monoisotopic (exact) mass is 356 g/mol. The molecule has 6 heteroatoms. The molecule has 1 heterocycles.